The maximum absolute atomic E-state index is 11.8. The summed E-state index contributed by atoms with van der Waals surface area (Å²) in [6.07, 6.45) is 4.90. The number of rotatable bonds is 6. The van der Waals surface area contributed by atoms with Gasteiger partial charge in [-0.3, -0.25) is 4.79 Å². The van der Waals surface area contributed by atoms with Gasteiger partial charge in [-0.05, 0) is 37.6 Å². The fourth-order valence-corrected chi connectivity index (χ4v) is 2.29. The topological polar surface area (TPSA) is 59.6 Å². The van der Waals surface area contributed by atoms with Gasteiger partial charge < -0.3 is 20.1 Å². The minimum absolute atomic E-state index is 0.00414. The van der Waals surface area contributed by atoms with E-state index in [0.29, 0.717) is 11.5 Å². The average molecular weight is 290 g/mol. The van der Waals surface area contributed by atoms with Gasteiger partial charge in [-0.25, -0.2) is 0 Å². The van der Waals surface area contributed by atoms with E-state index in [0.717, 1.165) is 25.1 Å². The lowest BCUT2D eigenvalue weighted by molar-refractivity contribution is -0.123. The molecule has 0 radical (unpaired) electrons. The molecule has 1 saturated heterocycles. The van der Waals surface area contributed by atoms with Crippen molar-refractivity contribution in [2.45, 2.75) is 19.4 Å². The Kier molecular flexibility index (Phi) is 5.63. The van der Waals surface area contributed by atoms with E-state index in [-0.39, 0.29) is 18.6 Å². The summed E-state index contributed by atoms with van der Waals surface area (Å²) in [6, 6.07) is 5.84. The van der Waals surface area contributed by atoms with Crippen molar-refractivity contribution in [1.82, 2.24) is 10.6 Å². The predicted molar refractivity (Wildman–Crippen MR) is 82.6 cm³/mol. The van der Waals surface area contributed by atoms with E-state index in [4.69, 9.17) is 9.47 Å². The molecule has 1 aliphatic heterocycles. The Morgan fingerprint density at radius 3 is 3.00 bits per heavy atom. The van der Waals surface area contributed by atoms with E-state index in [1.165, 1.54) is 0 Å². The first-order valence-electron chi connectivity index (χ1n) is 7.16. The molecule has 21 heavy (non-hydrogen) atoms. The number of allylic oxidation sites excluding steroid dienone is 1. The molecular formula is C16H22N2O3. The van der Waals surface area contributed by atoms with Gasteiger partial charge in [-0.2, -0.15) is 0 Å². The molecular weight excluding hydrogens is 268 g/mol. The van der Waals surface area contributed by atoms with E-state index in [1.807, 2.05) is 37.3 Å². The van der Waals surface area contributed by atoms with Gasteiger partial charge in [0.15, 0.2) is 18.1 Å². The van der Waals surface area contributed by atoms with Crippen molar-refractivity contribution in [3.63, 3.8) is 0 Å². The van der Waals surface area contributed by atoms with Gasteiger partial charge in [0, 0.05) is 12.6 Å². The minimum atomic E-state index is -0.108. The molecule has 1 unspecified atom stereocenters. The summed E-state index contributed by atoms with van der Waals surface area (Å²) in [7, 11) is 1.59. The summed E-state index contributed by atoms with van der Waals surface area (Å²) < 4.78 is 10.8. The van der Waals surface area contributed by atoms with Crippen molar-refractivity contribution in [2.75, 3.05) is 26.8 Å². The lowest BCUT2D eigenvalue weighted by Gasteiger charge is -2.14. The first-order chi connectivity index (χ1) is 10.2. The molecule has 0 saturated carbocycles. The largest absolute Gasteiger partial charge is 0.493 e. The first kappa shape index (κ1) is 15.4. The Labute approximate surface area is 125 Å². The number of hydrogen-bond acceptors (Lipinski definition) is 4. The Balaban J connectivity index is 1.90. The van der Waals surface area contributed by atoms with Gasteiger partial charge in [-0.1, -0.05) is 18.2 Å². The van der Waals surface area contributed by atoms with Crippen LogP contribution < -0.4 is 20.1 Å². The standard InChI is InChI=1S/C16H22N2O3/c1-3-4-12-5-6-14(15(9-12)20-2)21-11-16(19)18-13-7-8-17-10-13/h3-6,9,13,17H,7-8,10-11H2,1-2H3,(H,18,19)/b4-3+. The summed E-state index contributed by atoms with van der Waals surface area (Å²) in [5.41, 5.74) is 1.03. The molecule has 5 heteroatoms. The van der Waals surface area contributed by atoms with Crippen molar-refractivity contribution >= 4 is 12.0 Å². The quantitative estimate of drug-likeness (QED) is 0.835. The number of carbonyl (C=O) groups is 1. The fourth-order valence-electron chi connectivity index (χ4n) is 2.29. The molecule has 1 fully saturated rings. The van der Waals surface area contributed by atoms with Crippen LogP contribution in [0.3, 0.4) is 0 Å². The summed E-state index contributed by atoms with van der Waals surface area (Å²) >= 11 is 0. The summed E-state index contributed by atoms with van der Waals surface area (Å²) in [5, 5.41) is 6.15. The fraction of sp³-hybridized carbons (Fsp3) is 0.438. The van der Waals surface area contributed by atoms with Gasteiger partial charge in [0.2, 0.25) is 0 Å². The lowest BCUT2D eigenvalue weighted by atomic mass is 10.2. The normalized spacial score (nSPS) is 17.9. The van der Waals surface area contributed by atoms with E-state index in [9.17, 15) is 4.79 Å². The zero-order valence-electron chi connectivity index (χ0n) is 12.5. The second-order valence-electron chi connectivity index (χ2n) is 4.96. The van der Waals surface area contributed by atoms with Crippen molar-refractivity contribution in [3.05, 3.63) is 29.8 Å². The van der Waals surface area contributed by atoms with Gasteiger partial charge in [0.05, 0.1) is 7.11 Å². The third-order valence-corrected chi connectivity index (χ3v) is 3.33. The smallest absolute Gasteiger partial charge is 0.258 e. The van der Waals surface area contributed by atoms with Crippen LogP contribution in [0.25, 0.3) is 6.08 Å². The highest BCUT2D eigenvalue weighted by atomic mass is 16.5. The van der Waals surface area contributed by atoms with Crippen LogP contribution in [0.15, 0.2) is 24.3 Å². The molecule has 0 spiro atoms. The number of hydrogen-bond donors (Lipinski definition) is 2. The number of benzene rings is 1. The van der Waals surface area contributed by atoms with E-state index >= 15 is 0 Å². The molecule has 1 aliphatic rings. The first-order valence-corrected chi connectivity index (χ1v) is 7.16. The maximum Gasteiger partial charge on any atom is 0.258 e. The number of nitrogens with one attached hydrogen (secondary N) is 2. The molecule has 2 rings (SSSR count). The molecule has 0 aliphatic carbocycles. The third kappa shape index (κ3) is 4.49. The number of amides is 1. The number of methoxy groups -OCH3 is 1. The average Bonchev–Trinajstić information content (AvgIpc) is 2.99. The van der Waals surface area contributed by atoms with Crippen molar-refractivity contribution in [3.8, 4) is 11.5 Å². The summed E-state index contributed by atoms with van der Waals surface area (Å²) in [5.74, 6) is 1.09. The number of ether oxygens (including phenoxy) is 2. The van der Waals surface area contributed by atoms with Crippen LogP contribution in [0, 0.1) is 0 Å². The van der Waals surface area contributed by atoms with Gasteiger partial charge in [0.1, 0.15) is 0 Å². The third-order valence-electron chi connectivity index (χ3n) is 3.33. The molecule has 5 nitrogen and oxygen atoms in total. The Morgan fingerprint density at radius 1 is 1.48 bits per heavy atom. The van der Waals surface area contributed by atoms with E-state index < -0.39 is 0 Å². The summed E-state index contributed by atoms with van der Waals surface area (Å²) in [6.45, 7) is 3.73. The van der Waals surface area contributed by atoms with Crippen LogP contribution in [0.1, 0.15) is 18.9 Å². The van der Waals surface area contributed by atoms with Crippen LogP contribution in [0.4, 0.5) is 0 Å². The molecule has 1 atom stereocenters. The maximum atomic E-state index is 11.8. The molecule has 0 aromatic heterocycles. The van der Waals surface area contributed by atoms with Crippen molar-refractivity contribution in [1.29, 1.82) is 0 Å². The van der Waals surface area contributed by atoms with Crippen LogP contribution >= 0.6 is 0 Å². The SMILES string of the molecule is C/C=C/c1ccc(OCC(=O)NC2CCNC2)c(OC)c1. The second kappa shape index (κ2) is 7.69. The monoisotopic (exact) mass is 290 g/mol. The van der Waals surface area contributed by atoms with Crippen LogP contribution in [-0.2, 0) is 4.79 Å². The molecule has 1 aromatic rings. The van der Waals surface area contributed by atoms with E-state index in [2.05, 4.69) is 10.6 Å². The zero-order chi connectivity index (χ0) is 15.1. The van der Waals surface area contributed by atoms with Crippen LogP contribution in [0.2, 0.25) is 0 Å². The summed E-state index contributed by atoms with van der Waals surface area (Å²) in [4.78, 5) is 11.8. The van der Waals surface area contributed by atoms with E-state index in [1.54, 1.807) is 7.11 Å². The van der Waals surface area contributed by atoms with Crippen molar-refractivity contribution in [2.24, 2.45) is 0 Å². The molecule has 0 bridgehead atoms. The Bertz CT molecular complexity index is 508. The van der Waals surface area contributed by atoms with Gasteiger partial charge in [-0.15, -0.1) is 0 Å². The molecule has 1 heterocycles. The molecule has 2 N–H and O–H groups in total. The number of carbonyl (C=O) groups excluding carboxylic acids is 1. The van der Waals surface area contributed by atoms with Crippen LogP contribution in [-0.4, -0.2) is 38.8 Å². The van der Waals surface area contributed by atoms with Crippen molar-refractivity contribution < 1.29 is 14.3 Å². The highest BCUT2D eigenvalue weighted by Crippen LogP contribution is 2.28. The highest BCUT2D eigenvalue weighted by Gasteiger charge is 2.17. The predicted octanol–water partition coefficient (Wildman–Crippen LogP) is 1.59. The Morgan fingerprint density at radius 2 is 2.33 bits per heavy atom. The van der Waals surface area contributed by atoms with Gasteiger partial charge >= 0.3 is 0 Å². The molecule has 114 valence electrons. The Hall–Kier alpha value is -2.01. The molecule has 1 aromatic carbocycles. The second-order valence-corrected chi connectivity index (χ2v) is 4.96. The lowest BCUT2D eigenvalue weighted by Crippen LogP contribution is -2.39. The van der Waals surface area contributed by atoms with Gasteiger partial charge in [0.25, 0.3) is 5.91 Å². The molecule has 1 amide bonds. The minimum Gasteiger partial charge on any atom is -0.493 e. The zero-order valence-corrected chi connectivity index (χ0v) is 12.5. The van der Waals surface area contributed by atoms with Crippen LogP contribution in [0.5, 0.6) is 11.5 Å². The highest BCUT2D eigenvalue weighted by molar-refractivity contribution is 5.78.